The standard InChI is InChI=1S/C14H22N2S/c1-10(2)9-16-8-4-5-13(16)12-6-7-14(17)15-11(12)3/h6-7,10,13H,4-5,8-9H2,1-3H3,(H,15,17). The van der Waals surface area contributed by atoms with Crippen LogP contribution < -0.4 is 0 Å². The molecule has 1 saturated heterocycles. The van der Waals surface area contributed by atoms with E-state index >= 15 is 0 Å². The zero-order valence-corrected chi connectivity index (χ0v) is 11.8. The number of rotatable bonds is 3. The summed E-state index contributed by atoms with van der Waals surface area (Å²) in [6.07, 6.45) is 2.59. The van der Waals surface area contributed by atoms with Gasteiger partial charge in [0.15, 0.2) is 0 Å². The molecule has 0 aromatic carbocycles. The summed E-state index contributed by atoms with van der Waals surface area (Å²) in [5.41, 5.74) is 2.66. The van der Waals surface area contributed by atoms with E-state index in [0.717, 1.165) is 10.6 Å². The summed E-state index contributed by atoms with van der Waals surface area (Å²) < 4.78 is 0.833. The van der Waals surface area contributed by atoms with Gasteiger partial charge in [0, 0.05) is 18.3 Å². The quantitative estimate of drug-likeness (QED) is 0.822. The molecule has 2 nitrogen and oxygen atoms in total. The van der Waals surface area contributed by atoms with Crippen molar-refractivity contribution in [2.45, 2.75) is 39.7 Å². The monoisotopic (exact) mass is 250 g/mol. The molecular weight excluding hydrogens is 228 g/mol. The van der Waals surface area contributed by atoms with Crippen LogP contribution in [0.3, 0.4) is 0 Å². The lowest BCUT2D eigenvalue weighted by molar-refractivity contribution is 0.228. The molecule has 0 amide bonds. The van der Waals surface area contributed by atoms with Crippen LogP contribution in [0.25, 0.3) is 0 Å². The highest BCUT2D eigenvalue weighted by Crippen LogP contribution is 2.33. The molecule has 94 valence electrons. The van der Waals surface area contributed by atoms with Crippen LogP contribution in [0, 0.1) is 17.5 Å². The highest BCUT2D eigenvalue weighted by atomic mass is 32.1. The van der Waals surface area contributed by atoms with E-state index in [1.165, 1.54) is 37.2 Å². The minimum absolute atomic E-state index is 0.587. The molecule has 0 aliphatic carbocycles. The second-order valence-corrected chi connectivity index (χ2v) is 5.89. The number of nitrogens with one attached hydrogen (secondary N) is 1. The summed E-state index contributed by atoms with van der Waals surface area (Å²) in [6, 6.07) is 4.81. The van der Waals surface area contributed by atoms with Crippen molar-refractivity contribution < 1.29 is 0 Å². The van der Waals surface area contributed by atoms with Crippen LogP contribution in [-0.2, 0) is 0 Å². The van der Waals surface area contributed by atoms with Gasteiger partial charge in [-0.2, -0.15) is 0 Å². The molecule has 1 fully saturated rings. The number of hydrogen-bond acceptors (Lipinski definition) is 2. The summed E-state index contributed by atoms with van der Waals surface area (Å²) in [6.45, 7) is 9.15. The molecule has 1 aliphatic heterocycles. The van der Waals surface area contributed by atoms with Crippen LogP contribution in [0.1, 0.15) is 44.0 Å². The van der Waals surface area contributed by atoms with E-state index < -0.39 is 0 Å². The fourth-order valence-electron chi connectivity index (χ4n) is 2.82. The second kappa shape index (κ2) is 5.32. The summed E-state index contributed by atoms with van der Waals surface area (Å²) in [5.74, 6) is 0.734. The van der Waals surface area contributed by atoms with Crippen LogP contribution in [0.2, 0.25) is 0 Å². The summed E-state index contributed by atoms with van der Waals surface area (Å²) >= 11 is 5.16. The molecule has 1 aliphatic rings. The van der Waals surface area contributed by atoms with E-state index in [-0.39, 0.29) is 0 Å². The van der Waals surface area contributed by atoms with Gasteiger partial charge in [-0.3, -0.25) is 4.90 Å². The first kappa shape index (κ1) is 12.8. The van der Waals surface area contributed by atoms with Crippen molar-refractivity contribution in [3.05, 3.63) is 28.0 Å². The Morgan fingerprint density at radius 1 is 1.47 bits per heavy atom. The number of pyridine rings is 1. The first-order valence-corrected chi connectivity index (χ1v) is 6.92. The van der Waals surface area contributed by atoms with Crippen LogP contribution in [0.15, 0.2) is 12.1 Å². The Bertz CT molecular complexity index is 436. The van der Waals surface area contributed by atoms with Gasteiger partial charge in [-0.15, -0.1) is 0 Å². The molecule has 3 heteroatoms. The smallest absolute Gasteiger partial charge is 0.103 e. The Kier molecular flexibility index (Phi) is 4.00. The first-order valence-electron chi connectivity index (χ1n) is 6.52. The summed E-state index contributed by atoms with van der Waals surface area (Å²) in [4.78, 5) is 5.89. The van der Waals surface area contributed by atoms with Crippen LogP contribution in [0.5, 0.6) is 0 Å². The Morgan fingerprint density at radius 2 is 2.24 bits per heavy atom. The predicted octanol–water partition coefficient (Wildman–Crippen LogP) is 3.85. The maximum Gasteiger partial charge on any atom is 0.103 e. The van der Waals surface area contributed by atoms with E-state index in [4.69, 9.17) is 12.2 Å². The van der Waals surface area contributed by atoms with Crippen LogP contribution >= 0.6 is 12.2 Å². The summed E-state index contributed by atoms with van der Waals surface area (Å²) in [5, 5.41) is 0. The third-order valence-corrected chi connectivity index (χ3v) is 3.72. The Morgan fingerprint density at radius 3 is 2.88 bits per heavy atom. The van der Waals surface area contributed by atoms with Crippen molar-refractivity contribution in [1.82, 2.24) is 9.88 Å². The zero-order chi connectivity index (χ0) is 12.4. The van der Waals surface area contributed by atoms with E-state index in [1.807, 2.05) is 6.07 Å². The van der Waals surface area contributed by atoms with E-state index in [0.29, 0.717) is 6.04 Å². The Balaban J connectivity index is 2.23. The number of aromatic amines is 1. The topological polar surface area (TPSA) is 19.0 Å². The first-order chi connectivity index (χ1) is 8.08. The zero-order valence-electron chi connectivity index (χ0n) is 11.0. The largest absolute Gasteiger partial charge is 0.350 e. The maximum absolute atomic E-state index is 5.16. The van der Waals surface area contributed by atoms with Crippen molar-refractivity contribution in [3.63, 3.8) is 0 Å². The second-order valence-electron chi connectivity index (χ2n) is 5.45. The van der Waals surface area contributed by atoms with E-state index in [9.17, 15) is 0 Å². The molecule has 1 unspecified atom stereocenters. The predicted molar refractivity (Wildman–Crippen MR) is 74.7 cm³/mol. The number of likely N-dealkylation sites (tertiary alicyclic amines) is 1. The molecule has 17 heavy (non-hydrogen) atoms. The minimum atomic E-state index is 0.587. The lowest BCUT2D eigenvalue weighted by atomic mass is 10.0. The van der Waals surface area contributed by atoms with Crippen molar-refractivity contribution in [2.24, 2.45) is 5.92 Å². The molecule has 1 atom stereocenters. The lowest BCUT2D eigenvalue weighted by Gasteiger charge is -2.27. The third-order valence-electron chi connectivity index (χ3n) is 3.48. The van der Waals surface area contributed by atoms with Crippen molar-refractivity contribution in [3.8, 4) is 0 Å². The van der Waals surface area contributed by atoms with Gasteiger partial charge in [-0.1, -0.05) is 32.1 Å². The normalized spacial score (nSPS) is 21.3. The highest BCUT2D eigenvalue weighted by Gasteiger charge is 2.27. The molecule has 2 rings (SSSR count). The van der Waals surface area contributed by atoms with Gasteiger partial charge in [0.2, 0.25) is 0 Å². The summed E-state index contributed by atoms with van der Waals surface area (Å²) in [7, 11) is 0. The number of aromatic nitrogens is 1. The highest BCUT2D eigenvalue weighted by molar-refractivity contribution is 7.71. The molecule has 1 aromatic rings. The average molecular weight is 250 g/mol. The molecule has 0 saturated carbocycles. The number of nitrogens with zero attached hydrogens (tertiary/aromatic N) is 1. The van der Waals surface area contributed by atoms with Gasteiger partial charge in [0.1, 0.15) is 4.64 Å². The van der Waals surface area contributed by atoms with Gasteiger partial charge in [0.25, 0.3) is 0 Å². The molecule has 0 radical (unpaired) electrons. The SMILES string of the molecule is Cc1[nH]c(=S)ccc1C1CCCN1CC(C)C. The fourth-order valence-corrected chi connectivity index (χ4v) is 3.04. The number of aryl methyl sites for hydroxylation is 1. The maximum atomic E-state index is 5.16. The molecule has 0 bridgehead atoms. The molecular formula is C14H22N2S. The fraction of sp³-hybridized carbons (Fsp3) is 0.643. The average Bonchev–Trinajstić information content (AvgIpc) is 2.65. The molecule has 1 aromatic heterocycles. The number of H-pyrrole nitrogens is 1. The lowest BCUT2D eigenvalue weighted by Crippen LogP contribution is -2.27. The van der Waals surface area contributed by atoms with Crippen LogP contribution in [-0.4, -0.2) is 23.0 Å². The Labute approximate surface area is 109 Å². The van der Waals surface area contributed by atoms with Crippen molar-refractivity contribution in [2.75, 3.05) is 13.1 Å². The van der Waals surface area contributed by atoms with Gasteiger partial charge < -0.3 is 4.98 Å². The van der Waals surface area contributed by atoms with E-state index in [1.54, 1.807) is 0 Å². The molecule has 0 spiro atoms. The molecule has 1 N–H and O–H groups in total. The van der Waals surface area contributed by atoms with Gasteiger partial charge in [-0.25, -0.2) is 0 Å². The third kappa shape index (κ3) is 2.96. The Hall–Kier alpha value is -0.670. The van der Waals surface area contributed by atoms with Gasteiger partial charge >= 0.3 is 0 Å². The minimum Gasteiger partial charge on any atom is -0.350 e. The molecule has 2 heterocycles. The number of hydrogen-bond donors (Lipinski definition) is 1. The van der Waals surface area contributed by atoms with Crippen molar-refractivity contribution in [1.29, 1.82) is 0 Å². The van der Waals surface area contributed by atoms with Crippen molar-refractivity contribution >= 4 is 12.2 Å². The van der Waals surface area contributed by atoms with Gasteiger partial charge in [-0.05, 0) is 43.9 Å². The van der Waals surface area contributed by atoms with Gasteiger partial charge in [0.05, 0.1) is 0 Å². The van der Waals surface area contributed by atoms with E-state index in [2.05, 4.69) is 36.7 Å². The van der Waals surface area contributed by atoms with Crippen LogP contribution in [0.4, 0.5) is 0 Å².